The van der Waals surface area contributed by atoms with Gasteiger partial charge in [0.1, 0.15) is 0 Å². The van der Waals surface area contributed by atoms with E-state index in [-0.39, 0.29) is 5.78 Å². The number of aromatic nitrogens is 1. The number of nitrogens with zero attached hydrogens (tertiary/aromatic N) is 2. The van der Waals surface area contributed by atoms with Crippen LogP contribution in [0.15, 0.2) is 65.7 Å². The predicted molar refractivity (Wildman–Crippen MR) is 106 cm³/mol. The number of hydrogen-bond acceptors (Lipinski definition) is 5. The predicted octanol–water partition coefficient (Wildman–Crippen LogP) is 4.05. The Bertz CT molecular complexity index is 900. The lowest BCUT2D eigenvalue weighted by atomic mass is 10.1. The number of Topliss-reactive ketones (excluding diaryl/α,β-unsaturated/α-hetero) is 1. The summed E-state index contributed by atoms with van der Waals surface area (Å²) in [6, 6.07) is 17.9. The fraction of sp³-hybridized carbons (Fsp3) is 0.238. The van der Waals surface area contributed by atoms with Gasteiger partial charge in [0.05, 0.1) is 24.5 Å². The van der Waals surface area contributed by atoms with Crippen molar-refractivity contribution in [2.24, 2.45) is 0 Å². The Kier molecular flexibility index (Phi) is 5.18. The number of ether oxygens (including phenoxy) is 1. The van der Waals surface area contributed by atoms with Crippen molar-refractivity contribution in [2.75, 3.05) is 37.0 Å². The van der Waals surface area contributed by atoms with Crippen molar-refractivity contribution >= 4 is 34.1 Å². The third-order valence-electron chi connectivity index (χ3n) is 4.53. The van der Waals surface area contributed by atoms with Crippen molar-refractivity contribution in [3.63, 3.8) is 0 Å². The highest BCUT2D eigenvalue weighted by atomic mass is 32.2. The van der Waals surface area contributed by atoms with Gasteiger partial charge in [-0.2, -0.15) is 0 Å². The molecule has 0 N–H and O–H groups in total. The molecule has 0 aliphatic carbocycles. The molecule has 0 spiro atoms. The van der Waals surface area contributed by atoms with E-state index in [0.29, 0.717) is 5.75 Å². The standard InChI is InChI=1S/C21H20N2O2S/c24-20(15-26-21-9-10-22-19-4-2-1-3-18(19)21)16-5-7-17(8-6-16)23-11-13-25-14-12-23/h1-10H,11-15H2. The average molecular weight is 364 g/mol. The molecule has 2 aromatic carbocycles. The topological polar surface area (TPSA) is 42.4 Å². The number of morpholine rings is 1. The van der Waals surface area contributed by atoms with Crippen LogP contribution >= 0.6 is 11.8 Å². The molecule has 26 heavy (non-hydrogen) atoms. The van der Waals surface area contributed by atoms with Gasteiger partial charge in [0.2, 0.25) is 0 Å². The minimum absolute atomic E-state index is 0.143. The molecule has 4 nitrogen and oxygen atoms in total. The Hall–Kier alpha value is -2.37. The molecule has 0 unspecified atom stereocenters. The van der Waals surface area contributed by atoms with E-state index < -0.39 is 0 Å². The zero-order valence-electron chi connectivity index (χ0n) is 14.4. The summed E-state index contributed by atoms with van der Waals surface area (Å²) in [6.45, 7) is 3.32. The summed E-state index contributed by atoms with van der Waals surface area (Å²) in [5.74, 6) is 0.565. The number of ketones is 1. The van der Waals surface area contributed by atoms with Crippen molar-refractivity contribution in [3.05, 3.63) is 66.4 Å². The lowest BCUT2D eigenvalue weighted by Crippen LogP contribution is -2.36. The van der Waals surface area contributed by atoms with E-state index in [0.717, 1.165) is 53.4 Å². The summed E-state index contributed by atoms with van der Waals surface area (Å²) < 4.78 is 5.38. The van der Waals surface area contributed by atoms with Crippen LogP contribution in [0.25, 0.3) is 10.9 Å². The van der Waals surface area contributed by atoms with Gasteiger partial charge in [-0.05, 0) is 36.4 Å². The first-order valence-electron chi connectivity index (χ1n) is 8.74. The molecule has 1 fully saturated rings. The molecule has 3 aromatic rings. The summed E-state index contributed by atoms with van der Waals surface area (Å²) in [4.78, 5) is 20.3. The fourth-order valence-electron chi connectivity index (χ4n) is 3.10. The summed E-state index contributed by atoms with van der Waals surface area (Å²) >= 11 is 1.57. The molecule has 0 amide bonds. The number of rotatable bonds is 5. The second-order valence-electron chi connectivity index (χ2n) is 6.18. The highest BCUT2D eigenvalue weighted by Crippen LogP contribution is 2.27. The van der Waals surface area contributed by atoms with Crippen LogP contribution in [0.3, 0.4) is 0 Å². The molecule has 1 aliphatic rings. The number of pyridine rings is 1. The molecule has 0 radical (unpaired) electrons. The molecule has 0 atom stereocenters. The fourth-order valence-corrected chi connectivity index (χ4v) is 4.04. The molecule has 2 heterocycles. The van der Waals surface area contributed by atoms with E-state index in [9.17, 15) is 4.79 Å². The van der Waals surface area contributed by atoms with E-state index in [2.05, 4.69) is 9.88 Å². The zero-order valence-corrected chi connectivity index (χ0v) is 15.2. The number of carbonyl (C=O) groups excluding carboxylic acids is 1. The van der Waals surface area contributed by atoms with Gasteiger partial charge in [-0.3, -0.25) is 9.78 Å². The number of carbonyl (C=O) groups is 1. The first-order chi connectivity index (χ1) is 12.8. The van der Waals surface area contributed by atoms with Crippen molar-refractivity contribution in [2.45, 2.75) is 4.90 Å². The molecule has 5 heteroatoms. The van der Waals surface area contributed by atoms with Crippen LogP contribution in [0.5, 0.6) is 0 Å². The van der Waals surface area contributed by atoms with E-state index >= 15 is 0 Å². The smallest absolute Gasteiger partial charge is 0.173 e. The monoisotopic (exact) mass is 364 g/mol. The summed E-state index contributed by atoms with van der Waals surface area (Å²) in [5, 5.41) is 1.09. The third kappa shape index (κ3) is 3.74. The maximum atomic E-state index is 12.6. The summed E-state index contributed by atoms with van der Waals surface area (Å²) in [7, 11) is 0. The molecule has 132 valence electrons. The van der Waals surface area contributed by atoms with Gasteiger partial charge < -0.3 is 9.64 Å². The minimum Gasteiger partial charge on any atom is -0.378 e. The number of benzene rings is 2. The third-order valence-corrected chi connectivity index (χ3v) is 5.61. The van der Waals surface area contributed by atoms with Crippen LogP contribution < -0.4 is 4.90 Å². The van der Waals surface area contributed by atoms with Gasteiger partial charge in [0.25, 0.3) is 0 Å². The van der Waals surface area contributed by atoms with Crippen LogP contribution in [-0.4, -0.2) is 42.8 Å². The van der Waals surface area contributed by atoms with Crippen LogP contribution in [0.1, 0.15) is 10.4 Å². The molecular weight excluding hydrogens is 344 g/mol. The molecule has 1 aromatic heterocycles. The quantitative estimate of drug-likeness (QED) is 0.505. The number of anilines is 1. The normalized spacial score (nSPS) is 14.5. The van der Waals surface area contributed by atoms with Gasteiger partial charge in [-0.1, -0.05) is 18.2 Å². The zero-order chi connectivity index (χ0) is 17.8. The van der Waals surface area contributed by atoms with Gasteiger partial charge in [0, 0.05) is 40.8 Å². The van der Waals surface area contributed by atoms with Crippen LogP contribution in [-0.2, 0) is 4.74 Å². The number of para-hydroxylation sites is 1. The Balaban J connectivity index is 1.43. The first kappa shape index (κ1) is 17.1. The summed E-state index contributed by atoms with van der Waals surface area (Å²) in [5.41, 5.74) is 2.87. The first-order valence-corrected chi connectivity index (χ1v) is 9.72. The van der Waals surface area contributed by atoms with E-state index in [4.69, 9.17) is 4.74 Å². The SMILES string of the molecule is O=C(CSc1ccnc2ccccc12)c1ccc(N2CCOCC2)cc1. The van der Waals surface area contributed by atoms with Crippen molar-refractivity contribution in [1.82, 2.24) is 4.98 Å². The molecule has 0 saturated carbocycles. The van der Waals surface area contributed by atoms with Gasteiger partial charge >= 0.3 is 0 Å². The van der Waals surface area contributed by atoms with Crippen LogP contribution in [0.2, 0.25) is 0 Å². The Labute approximate surface area is 157 Å². The van der Waals surface area contributed by atoms with Crippen molar-refractivity contribution in [3.8, 4) is 0 Å². The maximum Gasteiger partial charge on any atom is 0.173 e. The molecule has 1 saturated heterocycles. The second-order valence-corrected chi connectivity index (χ2v) is 7.20. The highest BCUT2D eigenvalue weighted by molar-refractivity contribution is 8.00. The Morgan fingerprint density at radius 3 is 2.62 bits per heavy atom. The molecule has 0 bridgehead atoms. The lowest BCUT2D eigenvalue weighted by molar-refractivity contribution is 0.102. The van der Waals surface area contributed by atoms with Crippen molar-refractivity contribution in [1.29, 1.82) is 0 Å². The molecular formula is C21H20N2O2S. The van der Waals surface area contributed by atoms with Gasteiger partial charge in [-0.25, -0.2) is 0 Å². The van der Waals surface area contributed by atoms with E-state index in [1.54, 1.807) is 18.0 Å². The van der Waals surface area contributed by atoms with Gasteiger partial charge in [0.15, 0.2) is 5.78 Å². The number of hydrogen-bond donors (Lipinski definition) is 0. The molecule has 4 rings (SSSR count). The Morgan fingerprint density at radius 1 is 1.04 bits per heavy atom. The maximum absolute atomic E-state index is 12.6. The largest absolute Gasteiger partial charge is 0.378 e. The summed E-state index contributed by atoms with van der Waals surface area (Å²) in [6.07, 6.45) is 1.80. The van der Waals surface area contributed by atoms with Crippen LogP contribution in [0.4, 0.5) is 5.69 Å². The number of fused-ring (bicyclic) bond motifs is 1. The number of thioether (sulfide) groups is 1. The Morgan fingerprint density at radius 2 is 1.81 bits per heavy atom. The molecule has 1 aliphatic heterocycles. The highest BCUT2D eigenvalue weighted by Gasteiger charge is 2.13. The van der Waals surface area contributed by atoms with E-state index in [1.165, 1.54) is 0 Å². The minimum atomic E-state index is 0.143. The van der Waals surface area contributed by atoms with E-state index in [1.807, 2.05) is 54.6 Å². The lowest BCUT2D eigenvalue weighted by Gasteiger charge is -2.28. The van der Waals surface area contributed by atoms with Crippen LogP contribution in [0, 0.1) is 0 Å². The second kappa shape index (κ2) is 7.89. The average Bonchev–Trinajstić information content (AvgIpc) is 2.73. The van der Waals surface area contributed by atoms with Crippen molar-refractivity contribution < 1.29 is 9.53 Å². The van der Waals surface area contributed by atoms with Gasteiger partial charge in [-0.15, -0.1) is 11.8 Å².